The molecule has 1 fully saturated rings. The zero-order valence-corrected chi connectivity index (χ0v) is 17.4. The molecule has 29 heavy (non-hydrogen) atoms. The zero-order chi connectivity index (χ0) is 20.7. The summed E-state index contributed by atoms with van der Waals surface area (Å²) in [5, 5.41) is 8.39. The number of hydrogen-bond donors (Lipinski definition) is 2. The molecule has 0 spiro atoms. The lowest BCUT2D eigenvalue weighted by atomic mass is 9.94. The Bertz CT molecular complexity index is 880. The first-order valence-corrected chi connectivity index (χ1v) is 11.6. The Morgan fingerprint density at radius 2 is 1.62 bits per heavy atom. The van der Waals surface area contributed by atoms with E-state index in [-0.39, 0.29) is 17.9 Å². The van der Waals surface area contributed by atoms with Crippen LogP contribution < -0.4 is 10.5 Å². The predicted molar refractivity (Wildman–Crippen MR) is 114 cm³/mol. The van der Waals surface area contributed by atoms with Gasteiger partial charge in [-0.3, -0.25) is 4.79 Å². The fraction of sp³-hybridized carbons (Fsp3) is 0.409. The summed E-state index contributed by atoms with van der Waals surface area (Å²) in [5.41, 5.74) is 2.39. The Morgan fingerprint density at radius 1 is 1.03 bits per heavy atom. The van der Waals surface area contributed by atoms with E-state index in [4.69, 9.17) is 5.14 Å². The van der Waals surface area contributed by atoms with Crippen LogP contribution >= 0.6 is 0 Å². The molecular weight excluding hydrogens is 386 g/mol. The number of hydrogen-bond acceptors (Lipinski definition) is 3. The smallest absolute Gasteiger partial charge is 0.276 e. The van der Waals surface area contributed by atoms with E-state index in [0.717, 1.165) is 24.8 Å². The maximum absolute atomic E-state index is 12.9. The van der Waals surface area contributed by atoms with Crippen molar-refractivity contribution >= 4 is 16.1 Å². The van der Waals surface area contributed by atoms with E-state index in [2.05, 4.69) is 17.4 Å². The average molecular weight is 416 g/mol. The van der Waals surface area contributed by atoms with Gasteiger partial charge in [0.25, 0.3) is 10.2 Å². The number of rotatable bonds is 8. The van der Waals surface area contributed by atoms with Gasteiger partial charge in [0.2, 0.25) is 5.91 Å². The molecule has 0 aliphatic carbocycles. The van der Waals surface area contributed by atoms with Gasteiger partial charge in [0.1, 0.15) is 0 Å². The van der Waals surface area contributed by atoms with Gasteiger partial charge >= 0.3 is 0 Å². The fourth-order valence-corrected chi connectivity index (χ4v) is 4.54. The molecule has 0 saturated carbocycles. The van der Waals surface area contributed by atoms with Crippen LogP contribution in [0.4, 0.5) is 0 Å². The number of nitrogens with one attached hydrogen (secondary N) is 1. The first-order chi connectivity index (χ1) is 13.9. The van der Waals surface area contributed by atoms with Crippen molar-refractivity contribution in [3.8, 4) is 0 Å². The van der Waals surface area contributed by atoms with E-state index < -0.39 is 10.2 Å². The van der Waals surface area contributed by atoms with Gasteiger partial charge in [-0.25, -0.2) is 5.14 Å². The van der Waals surface area contributed by atoms with E-state index >= 15 is 0 Å². The molecule has 6 nitrogen and oxygen atoms in total. The molecule has 1 unspecified atom stereocenters. The van der Waals surface area contributed by atoms with Gasteiger partial charge in [0.05, 0.1) is 6.04 Å². The molecule has 2 aromatic carbocycles. The van der Waals surface area contributed by atoms with Crippen molar-refractivity contribution < 1.29 is 13.2 Å². The lowest BCUT2D eigenvalue weighted by Gasteiger charge is -2.30. The summed E-state index contributed by atoms with van der Waals surface area (Å²) in [6.45, 7) is 0.585. The van der Waals surface area contributed by atoms with Gasteiger partial charge in [-0.2, -0.15) is 12.7 Å². The van der Waals surface area contributed by atoms with Gasteiger partial charge in [-0.15, -0.1) is 0 Å². The minimum Gasteiger partial charge on any atom is -0.349 e. The molecule has 1 heterocycles. The van der Waals surface area contributed by atoms with Gasteiger partial charge in [0.15, 0.2) is 0 Å². The van der Waals surface area contributed by atoms with Crippen molar-refractivity contribution in [2.75, 3.05) is 13.1 Å². The van der Waals surface area contributed by atoms with Crippen LogP contribution in [0.2, 0.25) is 0 Å². The van der Waals surface area contributed by atoms with Crippen LogP contribution in [0.25, 0.3) is 0 Å². The summed E-state index contributed by atoms with van der Waals surface area (Å²) in [7, 11) is -3.68. The van der Waals surface area contributed by atoms with Crippen molar-refractivity contribution in [2.45, 2.75) is 38.1 Å². The molecule has 1 aliphatic heterocycles. The van der Waals surface area contributed by atoms with Crippen LogP contribution in [0.15, 0.2) is 60.7 Å². The maximum atomic E-state index is 12.9. The van der Waals surface area contributed by atoms with Crippen LogP contribution in [0.5, 0.6) is 0 Å². The third-order valence-electron chi connectivity index (χ3n) is 5.50. The first-order valence-electron chi connectivity index (χ1n) is 10.1. The number of benzene rings is 2. The number of nitrogens with two attached hydrogens (primary N) is 1. The van der Waals surface area contributed by atoms with Crippen LogP contribution in [0, 0.1) is 5.92 Å². The summed E-state index contributed by atoms with van der Waals surface area (Å²) in [4.78, 5) is 12.9. The van der Waals surface area contributed by atoms with E-state index in [0.29, 0.717) is 25.9 Å². The van der Waals surface area contributed by atoms with Crippen molar-refractivity contribution in [3.05, 3.63) is 71.8 Å². The second-order valence-corrected chi connectivity index (χ2v) is 9.11. The number of aryl methyl sites for hydroxylation is 1. The Balaban J connectivity index is 1.59. The molecule has 3 N–H and O–H groups in total. The highest BCUT2D eigenvalue weighted by Gasteiger charge is 2.30. The average Bonchev–Trinajstić information content (AvgIpc) is 2.74. The second-order valence-electron chi connectivity index (χ2n) is 7.57. The molecule has 3 rings (SSSR count). The Hall–Kier alpha value is -2.22. The van der Waals surface area contributed by atoms with Crippen molar-refractivity contribution in [1.82, 2.24) is 9.62 Å². The quantitative estimate of drug-likeness (QED) is 0.694. The number of nitrogens with zero attached hydrogens (tertiary/aromatic N) is 1. The standard InChI is InChI=1S/C22H29N3O3S/c23-29(27,28)25-16-14-20(15-17-25)22(26)24-21(19-11-5-2-6-12-19)13-7-10-18-8-3-1-4-9-18/h1-6,8-9,11-12,20-21H,7,10,13-17H2,(H,24,26)(H2,23,27,28). The van der Waals surface area contributed by atoms with Crippen LogP contribution in [-0.4, -0.2) is 31.7 Å². The number of amides is 1. The Labute approximate surface area is 173 Å². The van der Waals surface area contributed by atoms with Crippen molar-refractivity contribution in [3.63, 3.8) is 0 Å². The molecule has 0 bridgehead atoms. The van der Waals surface area contributed by atoms with E-state index in [9.17, 15) is 13.2 Å². The van der Waals surface area contributed by atoms with Gasteiger partial charge in [-0.1, -0.05) is 60.7 Å². The van der Waals surface area contributed by atoms with Crippen LogP contribution in [0.3, 0.4) is 0 Å². The highest BCUT2D eigenvalue weighted by molar-refractivity contribution is 7.86. The molecule has 1 atom stereocenters. The topological polar surface area (TPSA) is 92.5 Å². The molecule has 1 aliphatic rings. The molecule has 2 aromatic rings. The molecular formula is C22H29N3O3S. The monoisotopic (exact) mass is 415 g/mol. The van der Waals surface area contributed by atoms with E-state index in [1.165, 1.54) is 9.87 Å². The van der Waals surface area contributed by atoms with Crippen molar-refractivity contribution in [1.29, 1.82) is 0 Å². The molecule has 0 aromatic heterocycles. The lowest BCUT2D eigenvalue weighted by molar-refractivity contribution is -0.127. The summed E-state index contributed by atoms with van der Waals surface area (Å²) in [6.07, 6.45) is 3.77. The maximum Gasteiger partial charge on any atom is 0.276 e. The number of piperidine rings is 1. The SMILES string of the molecule is NS(=O)(=O)N1CCC(C(=O)NC(CCCc2ccccc2)c2ccccc2)CC1. The van der Waals surface area contributed by atoms with Gasteiger partial charge in [0, 0.05) is 19.0 Å². The van der Waals surface area contributed by atoms with Crippen molar-refractivity contribution in [2.24, 2.45) is 11.1 Å². The summed E-state index contributed by atoms with van der Waals surface area (Å²) in [5.74, 6) is -0.194. The Morgan fingerprint density at radius 3 is 2.21 bits per heavy atom. The highest BCUT2D eigenvalue weighted by atomic mass is 32.2. The number of carbonyl (C=O) groups is 1. The predicted octanol–water partition coefficient (Wildman–Crippen LogP) is 2.78. The fourth-order valence-electron chi connectivity index (χ4n) is 3.82. The lowest BCUT2D eigenvalue weighted by Crippen LogP contribution is -2.45. The summed E-state index contributed by atoms with van der Waals surface area (Å²) < 4.78 is 24.2. The normalized spacial score (nSPS) is 17.0. The zero-order valence-electron chi connectivity index (χ0n) is 16.5. The second kappa shape index (κ2) is 10.0. The first kappa shape index (κ1) is 21.5. The van der Waals surface area contributed by atoms with Gasteiger partial charge in [-0.05, 0) is 43.2 Å². The highest BCUT2D eigenvalue weighted by Crippen LogP contribution is 2.23. The minimum atomic E-state index is -3.68. The third-order valence-corrected chi connectivity index (χ3v) is 6.59. The number of carbonyl (C=O) groups excluding carboxylic acids is 1. The summed E-state index contributed by atoms with van der Waals surface area (Å²) >= 11 is 0. The van der Waals surface area contributed by atoms with Crippen LogP contribution in [0.1, 0.15) is 42.9 Å². The third kappa shape index (κ3) is 6.39. The molecule has 1 saturated heterocycles. The summed E-state index contributed by atoms with van der Waals surface area (Å²) in [6, 6.07) is 20.3. The molecule has 1 amide bonds. The van der Waals surface area contributed by atoms with E-state index in [1.54, 1.807) is 0 Å². The molecule has 7 heteroatoms. The minimum absolute atomic E-state index is 0.00682. The largest absolute Gasteiger partial charge is 0.349 e. The van der Waals surface area contributed by atoms with Gasteiger partial charge < -0.3 is 5.32 Å². The molecule has 0 radical (unpaired) electrons. The Kier molecular flexibility index (Phi) is 7.41. The van der Waals surface area contributed by atoms with E-state index in [1.807, 2.05) is 48.5 Å². The molecule has 156 valence electrons. The van der Waals surface area contributed by atoms with Crippen LogP contribution in [-0.2, 0) is 21.4 Å².